The summed E-state index contributed by atoms with van der Waals surface area (Å²) < 4.78 is 18.4. The summed E-state index contributed by atoms with van der Waals surface area (Å²) >= 11 is 0. The third-order valence-electron chi connectivity index (χ3n) is 2.41. The Morgan fingerprint density at radius 1 is 1.18 bits per heavy atom. The predicted molar refractivity (Wildman–Crippen MR) is 63.6 cm³/mol. The Bertz CT molecular complexity index is 523. The summed E-state index contributed by atoms with van der Waals surface area (Å²) in [6, 6.07) is 11.9. The van der Waals surface area contributed by atoms with E-state index in [1.807, 2.05) is 31.2 Å². The van der Waals surface area contributed by atoms with E-state index in [9.17, 15) is 9.50 Å². The normalized spacial score (nSPS) is 10.2. The zero-order valence-electron chi connectivity index (χ0n) is 9.48. The molecule has 0 unspecified atom stereocenters. The van der Waals surface area contributed by atoms with Crippen LogP contribution in [-0.2, 0) is 6.61 Å². The lowest BCUT2D eigenvalue weighted by Crippen LogP contribution is -1.95. The first-order chi connectivity index (χ1) is 8.15. The minimum absolute atomic E-state index is 0.303. The first kappa shape index (κ1) is 11.5. The van der Waals surface area contributed by atoms with Crippen LogP contribution in [-0.4, -0.2) is 5.11 Å². The number of phenols is 1. The highest BCUT2D eigenvalue weighted by molar-refractivity contribution is 5.30. The number of phenolic OH excluding ortho intramolecular Hbond substituents is 1. The van der Waals surface area contributed by atoms with Crippen molar-refractivity contribution in [3.63, 3.8) is 0 Å². The first-order valence-corrected chi connectivity index (χ1v) is 5.32. The van der Waals surface area contributed by atoms with Crippen molar-refractivity contribution in [1.29, 1.82) is 0 Å². The quantitative estimate of drug-likeness (QED) is 0.878. The molecule has 0 aliphatic rings. The Kier molecular flexibility index (Phi) is 3.28. The van der Waals surface area contributed by atoms with Crippen molar-refractivity contribution in [2.45, 2.75) is 13.5 Å². The SMILES string of the molecule is Cc1cccc(OCc2ccc(F)c(O)c2)c1. The molecule has 17 heavy (non-hydrogen) atoms. The van der Waals surface area contributed by atoms with E-state index in [-0.39, 0.29) is 5.75 Å². The zero-order valence-corrected chi connectivity index (χ0v) is 9.48. The first-order valence-electron chi connectivity index (χ1n) is 5.32. The van der Waals surface area contributed by atoms with Crippen LogP contribution in [0.5, 0.6) is 11.5 Å². The second kappa shape index (κ2) is 4.87. The van der Waals surface area contributed by atoms with E-state index in [2.05, 4.69) is 0 Å². The van der Waals surface area contributed by atoms with Crippen molar-refractivity contribution in [3.05, 3.63) is 59.4 Å². The number of aryl methyl sites for hydroxylation is 1. The molecule has 0 fully saturated rings. The number of ether oxygens (including phenoxy) is 1. The number of hydrogen-bond donors (Lipinski definition) is 1. The van der Waals surface area contributed by atoms with Crippen molar-refractivity contribution in [2.75, 3.05) is 0 Å². The smallest absolute Gasteiger partial charge is 0.164 e. The zero-order chi connectivity index (χ0) is 12.3. The molecule has 88 valence electrons. The molecule has 2 aromatic rings. The largest absolute Gasteiger partial charge is 0.505 e. The molecule has 0 aliphatic heterocycles. The molecule has 0 amide bonds. The second-order valence-corrected chi connectivity index (χ2v) is 3.89. The maximum atomic E-state index is 12.8. The lowest BCUT2D eigenvalue weighted by Gasteiger charge is -2.07. The van der Waals surface area contributed by atoms with Gasteiger partial charge in [0.05, 0.1) is 0 Å². The molecule has 0 saturated carbocycles. The number of hydrogen-bond acceptors (Lipinski definition) is 2. The van der Waals surface area contributed by atoms with Crippen LogP contribution in [0.15, 0.2) is 42.5 Å². The Labute approximate surface area is 99.3 Å². The van der Waals surface area contributed by atoms with E-state index in [0.29, 0.717) is 6.61 Å². The molecule has 1 N–H and O–H groups in total. The molecule has 0 saturated heterocycles. The fourth-order valence-corrected chi connectivity index (χ4v) is 1.52. The molecule has 0 heterocycles. The third kappa shape index (κ3) is 2.97. The topological polar surface area (TPSA) is 29.5 Å². The van der Waals surface area contributed by atoms with Gasteiger partial charge in [-0.1, -0.05) is 18.2 Å². The maximum Gasteiger partial charge on any atom is 0.164 e. The van der Waals surface area contributed by atoms with Crippen molar-refractivity contribution in [2.24, 2.45) is 0 Å². The standard InChI is InChI=1S/C14H13FO2/c1-10-3-2-4-12(7-10)17-9-11-5-6-13(15)14(16)8-11/h2-8,16H,9H2,1H3. The number of halogens is 1. The molecule has 0 radical (unpaired) electrons. The van der Waals surface area contributed by atoms with Gasteiger partial charge in [-0.15, -0.1) is 0 Å². The van der Waals surface area contributed by atoms with Crippen LogP contribution in [0, 0.1) is 12.7 Å². The van der Waals surface area contributed by atoms with Crippen LogP contribution in [0.1, 0.15) is 11.1 Å². The van der Waals surface area contributed by atoms with Crippen molar-refractivity contribution < 1.29 is 14.2 Å². The Morgan fingerprint density at radius 3 is 2.71 bits per heavy atom. The second-order valence-electron chi connectivity index (χ2n) is 3.89. The highest BCUT2D eigenvalue weighted by Crippen LogP contribution is 2.19. The van der Waals surface area contributed by atoms with Crippen molar-refractivity contribution in [3.8, 4) is 11.5 Å². The average molecular weight is 232 g/mol. The molecule has 3 heteroatoms. The summed E-state index contributed by atoms with van der Waals surface area (Å²) in [6.45, 7) is 2.29. The van der Waals surface area contributed by atoms with Crippen LogP contribution < -0.4 is 4.74 Å². The summed E-state index contributed by atoms with van der Waals surface area (Å²) in [7, 11) is 0. The Balaban J connectivity index is 2.05. The van der Waals surface area contributed by atoms with Gasteiger partial charge in [-0.25, -0.2) is 4.39 Å². The summed E-state index contributed by atoms with van der Waals surface area (Å²) in [6.07, 6.45) is 0. The number of aromatic hydroxyl groups is 1. The van der Waals surface area contributed by atoms with Crippen LogP contribution in [0.3, 0.4) is 0 Å². The van der Waals surface area contributed by atoms with E-state index in [0.717, 1.165) is 16.9 Å². The molecule has 0 atom stereocenters. The van der Waals surface area contributed by atoms with Gasteiger partial charge in [-0.3, -0.25) is 0 Å². The third-order valence-corrected chi connectivity index (χ3v) is 2.41. The van der Waals surface area contributed by atoms with Crippen LogP contribution >= 0.6 is 0 Å². The molecule has 2 aromatic carbocycles. The van der Waals surface area contributed by atoms with Gasteiger partial charge >= 0.3 is 0 Å². The molecule has 0 aromatic heterocycles. The van der Waals surface area contributed by atoms with Gasteiger partial charge in [0.15, 0.2) is 11.6 Å². The lowest BCUT2D eigenvalue weighted by molar-refractivity contribution is 0.304. The minimum Gasteiger partial charge on any atom is -0.505 e. The van der Waals surface area contributed by atoms with Gasteiger partial charge in [-0.2, -0.15) is 0 Å². The summed E-state index contributed by atoms with van der Waals surface area (Å²) in [5.74, 6) is -0.214. The summed E-state index contributed by atoms with van der Waals surface area (Å²) in [5, 5.41) is 9.21. The van der Waals surface area contributed by atoms with Crippen LogP contribution in [0.2, 0.25) is 0 Å². The molecule has 0 aliphatic carbocycles. The monoisotopic (exact) mass is 232 g/mol. The van der Waals surface area contributed by atoms with E-state index in [4.69, 9.17) is 4.74 Å². The van der Waals surface area contributed by atoms with Crippen LogP contribution in [0.4, 0.5) is 4.39 Å². The van der Waals surface area contributed by atoms with Crippen molar-refractivity contribution in [1.82, 2.24) is 0 Å². The number of benzene rings is 2. The minimum atomic E-state index is -0.621. The van der Waals surface area contributed by atoms with Gasteiger partial charge in [0.25, 0.3) is 0 Å². The highest BCUT2D eigenvalue weighted by atomic mass is 19.1. The van der Waals surface area contributed by atoms with Gasteiger partial charge in [0.1, 0.15) is 12.4 Å². The van der Waals surface area contributed by atoms with Crippen molar-refractivity contribution >= 4 is 0 Å². The highest BCUT2D eigenvalue weighted by Gasteiger charge is 2.02. The van der Waals surface area contributed by atoms with E-state index < -0.39 is 5.82 Å². The Hall–Kier alpha value is -2.03. The van der Waals surface area contributed by atoms with E-state index in [1.54, 1.807) is 6.07 Å². The maximum absolute atomic E-state index is 12.8. The molecular formula is C14H13FO2. The fourth-order valence-electron chi connectivity index (χ4n) is 1.52. The molecule has 2 nitrogen and oxygen atoms in total. The van der Waals surface area contributed by atoms with E-state index in [1.165, 1.54) is 12.1 Å². The Morgan fingerprint density at radius 2 is 2.00 bits per heavy atom. The molecular weight excluding hydrogens is 219 g/mol. The lowest BCUT2D eigenvalue weighted by atomic mass is 10.2. The van der Waals surface area contributed by atoms with Gasteiger partial charge in [0, 0.05) is 0 Å². The fraction of sp³-hybridized carbons (Fsp3) is 0.143. The predicted octanol–water partition coefficient (Wildman–Crippen LogP) is 3.42. The summed E-state index contributed by atoms with van der Waals surface area (Å²) in [5.41, 5.74) is 1.84. The summed E-state index contributed by atoms with van der Waals surface area (Å²) in [4.78, 5) is 0. The molecule has 0 spiro atoms. The van der Waals surface area contributed by atoms with Gasteiger partial charge in [-0.05, 0) is 42.3 Å². The average Bonchev–Trinajstić information content (AvgIpc) is 2.31. The van der Waals surface area contributed by atoms with E-state index >= 15 is 0 Å². The number of rotatable bonds is 3. The van der Waals surface area contributed by atoms with Crippen LogP contribution in [0.25, 0.3) is 0 Å². The van der Waals surface area contributed by atoms with Gasteiger partial charge < -0.3 is 9.84 Å². The van der Waals surface area contributed by atoms with Gasteiger partial charge in [0.2, 0.25) is 0 Å². The molecule has 0 bridgehead atoms. The molecule has 2 rings (SSSR count).